The van der Waals surface area contributed by atoms with Gasteiger partial charge in [-0.25, -0.2) is 4.79 Å². The summed E-state index contributed by atoms with van der Waals surface area (Å²) < 4.78 is 51.4. The summed E-state index contributed by atoms with van der Waals surface area (Å²) in [5, 5.41) is 36.7. The van der Waals surface area contributed by atoms with E-state index in [1.165, 1.54) is 0 Å². The third-order valence-electron chi connectivity index (χ3n) is 15.0. The molecule has 17 nitrogen and oxygen atoms in total. The van der Waals surface area contributed by atoms with Crippen LogP contribution in [-0.4, -0.2) is 188 Å². The van der Waals surface area contributed by atoms with Crippen LogP contribution in [0.3, 0.4) is 0 Å². The van der Waals surface area contributed by atoms with Crippen LogP contribution in [0.1, 0.15) is 100 Å². The topological polar surface area (TPSA) is 190 Å². The van der Waals surface area contributed by atoms with Crippen LogP contribution < -0.4 is 5.32 Å². The van der Waals surface area contributed by atoms with E-state index in [1.807, 2.05) is 86.5 Å². The van der Waals surface area contributed by atoms with Crippen molar-refractivity contribution in [1.29, 1.82) is 0 Å². The molecule has 6 rings (SSSR count). The quantitative estimate of drug-likeness (QED) is 0.193. The largest absolute Gasteiger partial charge is 0.508 e. The Bertz CT molecular complexity index is 1690. The number of hydrogen-bond acceptors (Lipinski definition) is 16. The van der Waals surface area contributed by atoms with Crippen LogP contribution in [0.5, 0.6) is 5.75 Å². The van der Waals surface area contributed by atoms with E-state index >= 15 is 0 Å². The predicted octanol–water partition coefficient (Wildman–Crippen LogP) is 4.30. The van der Waals surface area contributed by atoms with Gasteiger partial charge in [0.1, 0.15) is 23.6 Å². The Hall–Kier alpha value is -2.68. The van der Waals surface area contributed by atoms with E-state index in [-0.39, 0.29) is 48.4 Å². The van der Waals surface area contributed by atoms with Gasteiger partial charge < -0.3 is 63.4 Å². The van der Waals surface area contributed by atoms with Crippen LogP contribution in [-0.2, 0) is 42.7 Å². The maximum absolute atomic E-state index is 14.2. The molecule has 17 heteroatoms. The van der Waals surface area contributed by atoms with Crippen LogP contribution in [0.4, 0.5) is 4.79 Å². The lowest BCUT2D eigenvalue weighted by Gasteiger charge is -2.51. The van der Waals surface area contributed by atoms with Crippen LogP contribution in [0.2, 0.25) is 0 Å². The van der Waals surface area contributed by atoms with Gasteiger partial charge in [0.05, 0.1) is 42.0 Å². The fourth-order valence-corrected chi connectivity index (χ4v) is 10.6. The number of carbonyl (C=O) groups excluding carboxylic acids is 2. The number of rotatable bonds is 14. The average Bonchev–Trinajstić information content (AvgIpc) is 3.25. The predicted molar refractivity (Wildman–Crippen MR) is 243 cm³/mol. The zero-order valence-corrected chi connectivity index (χ0v) is 41.5. The van der Waals surface area contributed by atoms with Crippen LogP contribution >= 0.6 is 0 Å². The number of para-hydroxylation sites is 1. The third-order valence-corrected chi connectivity index (χ3v) is 15.0. The summed E-state index contributed by atoms with van der Waals surface area (Å²) in [5.74, 6) is -1.94. The van der Waals surface area contributed by atoms with E-state index < -0.39 is 84.3 Å². The van der Waals surface area contributed by atoms with E-state index in [2.05, 4.69) is 15.1 Å². The number of alkyl carbamates (subject to hydrolysis) is 1. The van der Waals surface area contributed by atoms with Crippen molar-refractivity contribution in [2.75, 3.05) is 61.0 Å². The lowest BCUT2D eigenvalue weighted by Crippen LogP contribution is -2.63. The fourth-order valence-electron chi connectivity index (χ4n) is 10.6. The fraction of sp³-hybridized carbons (Fsp3) is 0.833. The van der Waals surface area contributed by atoms with Crippen molar-refractivity contribution in [2.45, 2.75) is 179 Å². The van der Waals surface area contributed by atoms with Gasteiger partial charge in [0.25, 0.3) is 0 Å². The molecule has 5 aliphatic rings. The maximum atomic E-state index is 14.2. The first kappa shape index (κ1) is 53.3. The first-order valence-corrected chi connectivity index (χ1v) is 23.7. The molecule has 0 radical (unpaired) electrons. The maximum Gasteiger partial charge on any atom is 0.407 e. The van der Waals surface area contributed by atoms with E-state index in [1.54, 1.807) is 40.2 Å². The Morgan fingerprint density at radius 1 is 0.954 bits per heavy atom. The average molecular weight is 923 g/mol. The van der Waals surface area contributed by atoms with Crippen molar-refractivity contribution in [1.82, 2.24) is 20.0 Å². The number of carbonyl (C=O) groups is 2. The molecule has 65 heavy (non-hydrogen) atoms. The molecule has 0 spiro atoms. The lowest BCUT2D eigenvalue weighted by molar-refractivity contribution is -0.319. The minimum absolute atomic E-state index is 0.0818. The van der Waals surface area contributed by atoms with Gasteiger partial charge >= 0.3 is 12.1 Å². The number of amides is 1. The zero-order chi connectivity index (χ0) is 48.1. The molecule has 2 bridgehead atoms. The van der Waals surface area contributed by atoms with Gasteiger partial charge in [0.2, 0.25) is 0 Å². The highest BCUT2D eigenvalue weighted by Crippen LogP contribution is 2.42. The smallest absolute Gasteiger partial charge is 0.407 e. The molecule has 1 aromatic carbocycles. The highest BCUT2D eigenvalue weighted by molar-refractivity contribution is 5.73. The number of benzene rings is 1. The number of esters is 1. The summed E-state index contributed by atoms with van der Waals surface area (Å²) in [4.78, 5) is 33.8. The molecular formula is C48H82N4O13. The second-order valence-corrected chi connectivity index (χ2v) is 19.9. The summed E-state index contributed by atoms with van der Waals surface area (Å²) in [6.45, 7) is 21.8. The molecule has 0 aromatic heterocycles. The Morgan fingerprint density at radius 2 is 1.60 bits per heavy atom. The lowest BCUT2D eigenvalue weighted by atomic mass is 9.76. The molecule has 1 unspecified atom stereocenters. The second-order valence-electron chi connectivity index (χ2n) is 19.9. The normalized spacial score (nSPS) is 41.2. The molecule has 1 aromatic rings. The number of nitrogens with zero attached hydrogens (tertiary/aromatic N) is 3. The van der Waals surface area contributed by atoms with E-state index in [0.29, 0.717) is 45.6 Å². The Kier molecular flexibility index (Phi) is 18.5. The SMILES string of the molecule is CCN(CCNC(=O)O[C@H]1[C@H](C)O[C@@H](O[C@H]2[C@H](C)[C@@H](O[C@@H]3O[C@H](C)C[C@H](N(C)C)[C@H]3O)[C@@](C)(OC)C[C@@H](C)[C@H](O)[C@H](C)N3CC(C3)OC(=O)[C@@H]2C)C[C@@]1(C)OC)C(C)c1ccccc1O. The summed E-state index contributed by atoms with van der Waals surface area (Å²) >= 11 is 0. The van der Waals surface area contributed by atoms with Gasteiger partial charge in [0, 0.05) is 76.4 Å². The molecule has 17 atom stereocenters. The summed E-state index contributed by atoms with van der Waals surface area (Å²) in [7, 11) is 6.99. The number of aromatic hydroxyl groups is 1. The number of hydrogen-bond donors (Lipinski definition) is 4. The minimum Gasteiger partial charge on any atom is -0.508 e. The van der Waals surface area contributed by atoms with Gasteiger partial charge in [-0.1, -0.05) is 39.0 Å². The van der Waals surface area contributed by atoms with Crippen LogP contribution in [0, 0.1) is 17.8 Å². The standard InChI is InChI=1S/C48H82N4O13/c1-15-51(31(6)35-18-16-17-19-37(35)53)21-20-49-46(57)65-43-33(8)61-38(24-48(43,10)59-14)63-41-29(4)42(64-45-40(55)36(50(11)12)22-28(3)60-45)47(9,58-13)23-27(2)39(54)32(7)52-25-34(26-52)62-44(56)30(41)5/h16-19,27-34,36,38-43,45,53-55H,15,20-26H2,1-14H3,(H,49,57)/t27-,28-,29+,30-,31?,32+,33+,36+,38+,39+,40-,41+,42-,43+,45+,47+,48-/m1/s1. The Labute approximate surface area is 387 Å². The Balaban J connectivity index is 1.39. The van der Waals surface area contributed by atoms with E-state index in [0.717, 1.165) is 5.56 Å². The summed E-state index contributed by atoms with van der Waals surface area (Å²) in [6, 6.07) is 6.71. The van der Waals surface area contributed by atoms with Crippen molar-refractivity contribution >= 4 is 12.1 Å². The number of ether oxygens (including phenoxy) is 8. The molecule has 4 N–H and O–H groups in total. The molecule has 5 heterocycles. The van der Waals surface area contributed by atoms with Gasteiger partial charge in [-0.05, 0) is 93.9 Å². The number of likely N-dealkylation sites (N-methyl/N-ethyl adjacent to an activating group) is 2. The first-order chi connectivity index (χ1) is 30.6. The highest BCUT2D eigenvalue weighted by Gasteiger charge is 2.54. The van der Waals surface area contributed by atoms with E-state index in [9.17, 15) is 24.9 Å². The van der Waals surface area contributed by atoms with Gasteiger partial charge in [-0.2, -0.15) is 0 Å². The number of aliphatic hydroxyl groups is 2. The van der Waals surface area contributed by atoms with Crippen molar-refractivity contribution in [3.63, 3.8) is 0 Å². The molecule has 0 saturated carbocycles. The molecule has 5 saturated heterocycles. The number of phenols is 1. The Morgan fingerprint density at radius 3 is 2.22 bits per heavy atom. The molecule has 5 fully saturated rings. The van der Waals surface area contributed by atoms with Crippen molar-refractivity contribution in [2.24, 2.45) is 17.8 Å². The summed E-state index contributed by atoms with van der Waals surface area (Å²) in [5.41, 5.74) is -1.36. The number of methoxy groups -OCH3 is 2. The number of aliphatic hydroxyl groups excluding tert-OH is 2. The first-order valence-electron chi connectivity index (χ1n) is 23.7. The minimum atomic E-state index is -1.09. The van der Waals surface area contributed by atoms with Crippen molar-refractivity contribution < 1.29 is 62.8 Å². The van der Waals surface area contributed by atoms with Crippen molar-refractivity contribution in [3.05, 3.63) is 29.8 Å². The van der Waals surface area contributed by atoms with Crippen LogP contribution in [0.25, 0.3) is 0 Å². The molecule has 372 valence electrons. The number of phenolic OH excluding ortho intramolecular Hbond substituents is 1. The molecule has 1 amide bonds. The second kappa shape index (κ2) is 22.6. The molecule has 5 aliphatic heterocycles. The van der Waals surface area contributed by atoms with Gasteiger partial charge in [-0.3, -0.25) is 14.6 Å². The third kappa shape index (κ3) is 12.3. The number of fused-ring (bicyclic) bond motifs is 10. The van der Waals surface area contributed by atoms with Crippen LogP contribution in [0.15, 0.2) is 24.3 Å². The molecular weight excluding hydrogens is 841 g/mol. The van der Waals surface area contributed by atoms with E-state index in [4.69, 9.17) is 37.9 Å². The van der Waals surface area contributed by atoms with Gasteiger partial charge in [-0.15, -0.1) is 0 Å². The van der Waals surface area contributed by atoms with Crippen molar-refractivity contribution in [3.8, 4) is 5.75 Å². The zero-order valence-electron chi connectivity index (χ0n) is 41.5. The van der Waals surface area contributed by atoms with Gasteiger partial charge in [0.15, 0.2) is 18.7 Å². The highest BCUT2D eigenvalue weighted by atomic mass is 16.7. The summed E-state index contributed by atoms with van der Waals surface area (Å²) in [6.07, 6.45) is -7.12. The monoisotopic (exact) mass is 923 g/mol. The molecule has 0 aliphatic carbocycles. The number of nitrogens with one attached hydrogen (secondary N) is 1.